The molecular weight excluding hydrogens is 182 g/mol. The molecule has 0 aliphatic carbocycles. The lowest BCUT2D eigenvalue weighted by molar-refractivity contribution is 0.671. The molecule has 0 fully saturated rings. The van der Waals surface area contributed by atoms with Gasteiger partial charge < -0.3 is 0 Å². The van der Waals surface area contributed by atoms with Crippen LogP contribution in [0.3, 0.4) is 0 Å². The van der Waals surface area contributed by atoms with Crippen LogP contribution in [-0.2, 0) is 9.73 Å². The maximum Gasteiger partial charge on any atom is 0.0726 e. The van der Waals surface area contributed by atoms with Crippen LogP contribution in [0.15, 0.2) is 35.2 Å². The van der Waals surface area contributed by atoms with Crippen LogP contribution in [0.1, 0.15) is 19.8 Å². The fraction of sp³-hybridized carbons (Fsp3) is 0.400. The van der Waals surface area contributed by atoms with Crippen molar-refractivity contribution in [3.8, 4) is 0 Å². The Bertz CT molecular complexity index is 342. The lowest BCUT2D eigenvalue weighted by Gasteiger charge is -2.05. The second-order valence-corrected chi connectivity index (χ2v) is 5.28. The number of hydrogen-bond donors (Lipinski definition) is 1. The average molecular weight is 197 g/mol. The predicted octanol–water partition coefficient (Wildman–Crippen LogP) is 2.89. The van der Waals surface area contributed by atoms with E-state index in [-0.39, 0.29) is 0 Å². The van der Waals surface area contributed by atoms with Gasteiger partial charge in [-0.2, -0.15) is 0 Å². The van der Waals surface area contributed by atoms with E-state index in [0.29, 0.717) is 10.6 Å². The van der Waals surface area contributed by atoms with E-state index in [1.807, 2.05) is 25.1 Å². The highest BCUT2D eigenvalue weighted by Gasteiger charge is 2.07. The van der Waals surface area contributed by atoms with Crippen molar-refractivity contribution in [3.05, 3.63) is 30.3 Å². The molecule has 72 valence electrons. The maximum atomic E-state index is 11.8. The zero-order valence-corrected chi connectivity index (χ0v) is 8.64. The molecule has 0 aliphatic heterocycles. The summed E-state index contributed by atoms with van der Waals surface area (Å²) in [6.45, 7) is 2.04. The van der Waals surface area contributed by atoms with Gasteiger partial charge in [0.15, 0.2) is 0 Å². The summed E-state index contributed by atoms with van der Waals surface area (Å²) in [5, 5.41) is 0. The molecule has 0 aromatic heterocycles. The standard InChI is InChI=1S/C10H15NOS/c1-2-3-9-13(11,12)10-7-5-4-6-8-10/h4-8,11H,2-3,9H2,1H3. The van der Waals surface area contributed by atoms with Crippen molar-refractivity contribution in [2.75, 3.05) is 5.75 Å². The summed E-state index contributed by atoms with van der Waals surface area (Å²) >= 11 is 0. The van der Waals surface area contributed by atoms with Crippen LogP contribution in [0.25, 0.3) is 0 Å². The van der Waals surface area contributed by atoms with Crippen molar-refractivity contribution < 1.29 is 4.21 Å². The quantitative estimate of drug-likeness (QED) is 0.792. The topological polar surface area (TPSA) is 40.9 Å². The van der Waals surface area contributed by atoms with E-state index in [1.54, 1.807) is 12.1 Å². The number of nitrogens with one attached hydrogen (secondary N) is 1. The second-order valence-electron chi connectivity index (χ2n) is 3.05. The van der Waals surface area contributed by atoms with Gasteiger partial charge in [0.05, 0.1) is 9.73 Å². The fourth-order valence-corrected chi connectivity index (χ4v) is 2.63. The largest absolute Gasteiger partial charge is 0.249 e. The van der Waals surface area contributed by atoms with Gasteiger partial charge >= 0.3 is 0 Å². The Kier molecular flexibility index (Phi) is 3.48. The van der Waals surface area contributed by atoms with E-state index in [0.717, 1.165) is 12.8 Å². The molecule has 0 radical (unpaired) electrons. The number of benzene rings is 1. The minimum absolute atomic E-state index is 0.480. The minimum Gasteiger partial charge on any atom is -0.249 e. The Morgan fingerprint density at radius 3 is 2.46 bits per heavy atom. The van der Waals surface area contributed by atoms with E-state index in [1.165, 1.54) is 0 Å². The highest BCUT2D eigenvalue weighted by molar-refractivity contribution is 7.92. The van der Waals surface area contributed by atoms with E-state index in [4.69, 9.17) is 4.78 Å². The zero-order valence-electron chi connectivity index (χ0n) is 7.82. The molecule has 0 saturated carbocycles. The van der Waals surface area contributed by atoms with Gasteiger partial charge in [-0.25, -0.2) is 8.99 Å². The SMILES string of the molecule is CCCCS(=N)(=O)c1ccccc1. The highest BCUT2D eigenvalue weighted by Crippen LogP contribution is 2.12. The summed E-state index contributed by atoms with van der Waals surface area (Å²) < 4.78 is 19.5. The molecule has 1 aromatic rings. The van der Waals surface area contributed by atoms with Gasteiger partial charge in [0.2, 0.25) is 0 Å². The fourth-order valence-electron chi connectivity index (χ4n) is 1.11. The Morgan fingerprint density at radius 1 is 1.31 bits per heavy atom. The number of rotatable bonds is 4. The van der Waals surface area contributed by atoms with Crippen molar-refractivity contribution in [1.29, 1.82) is 4.78 Å². The summed E-state index contributed by atoms with van der Waals surface area (Å²) in [5.74, 6) is 0.480. The molecule has 0 saturated heterocycles. The van der Waals surface area contributed by atoms with Crippen LogP contribution in [-0.4, -0.2) is 9.96 Å². The second kappa shape index (κ2) is 4.42. The summed E-state index contributed by atoms with van der Waals surface area (Å²) in [5.41, 5.74) is 0. The lowest BCUT2D eigenvalue weighted by atomic mass is 10.4. The zero-order chi connectivity index (χ0) is 9.73. The molecule has 1 unspecified atom stereocenters. The van der Waals surface area contributed by atoms with Gasteiger partial charge in [-0.3, -0.25) is 0 Å². The first-order chi connectivity index (χ1) is 6.17. The van der Waals surface area contributed by atoms with Gasteiger partial charge in [-0.15, -0.1) is 0 Å². The van der Waals surface area contributed by atoms with E-state index < -0.39 is 9.73 Å². The molecule has 1 aromatic carbocycles. The third-order valence-corrected chi connectivity index (χ3v) is 3.81. The van der Waals surface area contributed by atoms with Crippen LogP contribution in [0.2, 0.25) is 0 Å². The van der Waals surface area contributed by atoms with E-state index >= 15 is 0 Å². The molecule has 13 heavy (non-hydrogen) atoms. The van der Waals surface area contributed by atoms with Gasteiger partial charge in [0, 0.05) is 10.6 Å². The molecule has 0 aliphatic rings. The summed E-state index contributed by atoms with van der Waals surface area (Å²) in [6.07, 6.45) is 1.85. The monoisotopic (exact) mass is 197 g/mol. The van der Waals surface area contributed by atoms with Crippen LogP contribution in [0, 0.1) is 4.78 Å². The van der Waals surface area contributed by atoms with Crippen molar-refractivity contribution in [3.63, 3.8) is 0 Å². The van der Waals surface area contributed by atoms with Crippen LogP contribution in [0.4, 0.5) is 0 Å². The number of unbranched alkanes of at least 4 members (excludes halogenated alkanes) is 1. The van der Waals surface area contributed by atoms with Crippen LogP contribution < -0.4 is 0 Å². The molecule has 1 N–H and O–H groups in total. The van der Waals surface area contributed by atoms with Crippen molar-refractivity contribution >= 4 is 9.73 Å². The highest BCUT2D eigenvalue weighted by atomic mass is 32.2. The molecular formula is C10H15NOS. The normalized spacial score (nSPS) is 15.2. The molecule has 0 spiro atoms. The lowest BCUT2D eigenvalue weighted by Crippen LogP contribution is -2.04. The van der Waals surface area contributed by atoms with Gasteiger partial charge in [-0.05, 0) is 18.6 Å². The predicted molar refractivity (Wildman–Crippen MR) is 55.3 cm³/mol. The van der Waals surface area contributed by atoms with E-state index in [2.05, 4.69) is 0 Å². The first kappa shape index (κ1) is 10.3. The Balaban J connectivity index is 2.83. The Hall–Kier alpha value is -0.830. The van der Waals surface area contributed by atoms with Crippen molar-refractivity contribution in [1.82, 2.24) is 0 Å². The summed E-state index contributed by atoms with van der Waals surface area (Å²) in [6, 6.07) is 9.07. The summed E-state index contributed by atoms with van der Waals surface area (Å²) in [7, 11) is -2.52. The van der Waals surface area contributed by atoms with Crippen molar-refractivity contribution in [2.45, 2.75) is 24.7 Å². The van der Waals surface area contributed by atoms with Crippen LogP contribution >= 0.6 is 0 Å². The Morgan fingerprint density at radius 2 is 1.92 bits per heavy atom. The minimum atomic E-state index is -2.52. The molecule has 0 bridgehead atoms. The molecule has 1 atom stereocenters. The third-order valence-electron chi connectivity index (χ3n) is 1.91. The molecule has 3 heteroatoms. The van der Waals surface area contributed by atoms with Gasteiger partial charge in [0.1, 0.15) is 0 Å². The molecule has 0 amide bonds. The number of hydrogen-bond acceptors (Lipinski definition) is 2. The molecule has 1 rings (SSSR count). The molecule has 2 nitrogen and oxygen atoms in total. The van der Waals surface area contributed by atoms with Gasteiger partial charge in [-0.1, -0.05) is 31.5 Å². The average Bonchev–Trinajstić information content (AvgIpc) is 2.16. The van der Waals surface area contributed by atoms with Crippen molar-refractivity contribution in [2.24, 2.45) is 0 Å². The smallest absolute Gasteiger partial charge is 0.0726 e. The first-order valence-corrected chi connectivity index (χ1v) is 6.21. The molecule has 0 heterocycles. The first-order valence-electron chi connectivity index (χ1n) is 4.48. The van der Waals surface area contributed by atoms with Gasteiger partial charge in [0.25, 0.3) is 0 Å². The summed E-state index contributed by atoms with van der Waals surface area (Å²) in [4.78, 5) is 0.656. The van der Waals surface area contributed by atoms with E-state index in [9.17, 15) is 4.21 Å². The third kappa shape index (κ3) is 2.84. The Labute approximate surface area is 80.0 Å². The van der Waals surface area contributed by atoms with Crippen LogP contribution in [0.5, 0.6) is 0 Å². The maximum absolute atomic E-state index is 11.8.